The van der Waals surface area contributed by atoms with Gasteiger partial charge in [0, 0.05) is 10.7 Å². The summed E-state index contributed by atoms with van der Waals surface area (Å²) in [5.41, 5.74) is 0.571. The van der Waals surface area contributed by atoms with Crippen molar-refractivity contribution in [3.63, 3.8) is 0 Å². The molecule has 0 bridgehead atoms. The number of amides is 1. The SMILES string of the molecule is COC(=O)c1ccccc1N(CC(=O)Nc1ccc(Cl)cc1)S(C)(=O)=O. The predicted octanol–water partition coefficient (Wildman–Crippen LogP) is 2.53. The largest absolute Gasteiger partial charge is 0.465 e. The fourth-order valence-corrected chi connectivity index (χ4v) is 3.21. The highest BCUT2D eigenvalue weighted by atomic mass is 35.5. The quantitative estimate of drug-likeness (QED) is 0.757. The van der Waals surface area contributed by atoms with Gasteiger partial charge >= 0.3 is 5.97 Å². The Morgan fingerprint density at radius 2 is 1.73 bits per heavy atom. The standard InChI is InChI=1S/C17H17ClN2O5S/c1-25-17(22)14-5-3-4-6-15(14)20(26(2,23)24)11-16(21)19-13-9-7-12(18)8-10-13/h3-10H,11H2,1-2H3,(H,19,21). The minimum atomic E-state index is -3.83. The first-order valence-electron chi connectivity index (χ1n) is 7.43. The molecule has 1 amide bonds. The number of carbonyl (C=O) groups excluding carboxylic acids is 2. The molecule has 0 heterocycles. The number of sulfonamides is 1. The summed E-state index contributed by atoms with van der Waals surface area (Å²) in [5.74, 6) is -1.27. The summed E-state index contributed by atoms with van der Waals surface area (Å²) in [6.07, 6.45) is 0.955. The molecule has 0 fully saturated rings. The van der Waals surface area contributed by atoms with Gasteiger partial charge in [0.25, 0.3) is 0 Å². The van der Waals surface area contributed by atoms with Crippen LogP contribution in [0, 0.1) is 0 Å². The van der Waals surface area contributed by atoms with E-state index in [1.54, 1.807) is 36.4 Å². The molecule has 0 aromatic heterocycles. The maximum atomic E-state index is 12.3. The Morgan fingerprint density at radius 1 is 1.12 bits per heavy atom. The van der Waals surface area contributed by atoms with Crippen LogP contribution >= 0.6 is 11.6 Å². The molecule has 0 spiro atoms. The van der Waals surface area contributed by atoms with Crippen LogP contribution < -0.4 is 9.62 Å². The Kier molecular flexibility index (Phi) is 6.23. The second kappa shape index (κ2) is 8.20. The lowest BCUT2D eigenvalue weighted by Gasteiger charge is -2.23. The third-order valence-electron chi connectivity index (χ3n) is 3.39. The third-order valence-corrected chi connectivity index (χ3v) is 4.77. The lowest BCUT2D eigenvalue weighted by molar-refractivity contribution is -0.114. The highest BCUT2D eigenvalue weighted by Gasteiger charge is 2.25. The number of rotatable bonds is 6. The molecule has 0 radical (unpaired) electrons. The van der Waals surface area contributed by atoms with Gasteiger partial charge in [-0.3, -0.25) is 9.10 Å². The van der Waals surface area contributed by atoms with E-state index in [1.165, 1.54) is 19.2 Å². The number of nitrogens with one attached hydrogen (secondary N) is 1. The van der Waals surface area contributed by atoms with Crippen molar-refractivity contribution < 1.29 is 22.7 Å². The average Bonchev–Trinajstić information content (AvgIpc) is 2.60. The van der Waals surface area contributed by atoms with E-state index in [9.17, 15) is 18.0 Å². The van der Waals surface area contributed by atoms with Crippen LogP contribution in [0.1, 0.15) is 10.4 Å². The molecular formula is C17H17ClN2O5S. The fraction of sp³-hybridized carbons (Fsp3) is 0.176. The van der Waals surface area contributed by atoms with E-state index in [0.29, 0.717) is 10.7 Å². The Balaban J connectivity index is 2.31. The first-order valence-corrected chi connectivity index (χ1v) is 9.65. The minimum absolute atomic E-state index is 0.0414. The van der Waals surface area contributed by atoms with E-state index in [0.717, 1.165) is 10.6 Å². The van der Waals surface area contributed by atoms with Crippen molar-refractivity contribution in [1.29, 1.82) is 0 Å². The van der Waals surface area contributed by atoms with Gasteiger partial charge in [0.1, 0.15) is 6.54 Å². The highest BCUT2D eigenvalue weighted by molar-refractivity contribution is 7.92. The molecule has 26 heavy (non-hydrogen) atoms. The summed E-state index contributed by atoms with van der Waals surface area (Å²) in [6.45, 7) is -0.504. The molecule has 0 atom stereocenters. The summed E-state index contributed by atoms with van der Waals surface area (Å²) in [6, 6.07) is 12.4. The van der Waals surface area contributed by atoms with E-state index in [4.69, 9.17) is 11.6 Å². The number of carbonyl (C=O) groups is 2. The van der Waals surface area contributed by atoms with Crippen LogP contribution in [0.3, 0.4) is 0 Å². The summed E-state index contributed by atoms with van der Waals surface area (Å²) in [4.78, 5) is 24.2. The van der Waals surface area contributed by atoms with Crippen molar-refractivity contribution in [2.75, 3.05) is 29.5 Å². The van der Waals surface area contributed by atoms with Gasteiger partial charge in [0.2, 0.25) is 15.9 Å². The molecule has 0 unspecified atom stereocenters. The number of halogens is 1. The Bertz CT molecular complexity index is 913. The molecule has 2 aromatic rings. The van der Waals surface area contributed by atoms with Gasteiger partial charge in [-0.1, -0.05) is 23.7 Å². The molecule has 0 saturated heterocycles. The Morgan fingerprint density at radius 3 is 2.31 bits per heavy atom. The Labute approximate surface area is 156 Å². The number of hydrogen-bond donors (Lipinski definition) is 1. The molecule has 0 aliphatic rings. The zero-order chi connectivity index (χ0) is 19.3. The van der Waals surface area contributed by atoms with Crippen molar-refractivity contribution in [3.05, 3.63) is 59.1 Å². The molecule has 1 N–H and O–H groups in total. The molecule has 2 rings (SSSR count). The van der Waals surface area contributed by atoms with E-state index >= 15 is 0 Å². The van der Waals surface area contributed by atoms with Crippen molar-refractivity contribution >= 4 is 44.9 Å². The zero-order valence-electron chi connectivity index (χ0n) is 14.1. The highest BCUT2D eigenvalue weighted by Crippen LogP contribution is 2.24. The molecule has 0 saturated carbocycles. The topological polar surface area (TPSA) is 92.8 Å². The van der Waals surface area contributed by atoms with Crippen LogP contribution in [0.15, 0.2) is 48.5 Å². The van der Waals surface area contributed by atoms with Crippen molar-refractivity contribution in [3.8, 4) is 0 Å². The number of para-hydroxylation sites is 1. The van der Waals surface area contributed by atoms with Crippen molar-refractivity contribution in [1.82, 2.24) is 0 Å². The van der Waals surface area contributed by atoms with E-state index < -0.39 is 28.4 Å². The molecule has 0 aliphatic heterocycles. The molecule has 2 aromatic carbocycles. The van der Waals surface area contributed by atoms with Crippen molar-refractivity contribution in [2.45, 2.75) is 0 Å². The van der Waals surface area contributed by atoms with Crippen LogP contribution in [0.25, 0.3) is 0 Å². The first kappa shape index (κ1) is 19.7. The van der Waals surface area contributed by atoms with Gasteiger partial charge in [-0.2, -0.15) is 0 Å². The van der Waals surface area contributed by atoms with Gasteiger partial charge in [0.15, 0.2) is 0 Å². The lowest BCUT2D eigenvalue weighted by atomic mass is 10.2. The lowest BCUT2D eigenvalue weighted by Crippen LogP contribution is -2.38. The summed E-state index contributed by atoms with van der Waals surface area (Å²) < 4.78 is 29.9. The number of esters is 1. The average molecular weight is 397 g/mol. The summed E-state index contributed by atoms with van der Waals surface area (Å²) >= 11 is 5.79. The normalized spacial score (nSPS) is 10.9. The van der Waals surface area contributed by atoms with Gasteiger partial charge in [-0.05, 0) is 36.4 Å². The van der Waals surface area contributed by atoms with Crippen LogP contribution in [0.5, 0.6) is 0 Å². The van der Waals surface area contributed by atoms with E-state index in [1.807, 2.05) is 0 Å². The molecule has 0 aliphatic carbocycles. The van der Waals surface area contributed by atoms with Crippen molar-refractivity contribution in [2.24, 2.45) is 0 Å². The first-order chi connectivity index (χ1) is 12.2. The molecule has 7 nitrogen and oxygen atoms in total. The number of anilines is 2. The molecule has 9 heteroatoms. The maximum Gasteiger partial charge on any atom is 0.340 e. The molecule has 138 valence electrons. The smallest absolute Gasteiger partial charge is 0.340 e. The van der Waals surface area contributed by atoms with E-state index in [2.05, 4.69) is 10.1 Å². The predicted molar refractivity (Wildman–Crippen MR) is 100 cm³/mol. The van der Waals surface area contributed by atoms with Crippen LogP contribution in [0.2, 0.25) is 5.02 Å². The van der Waals surface area contributed by atoms with Crippen LogP contribution in [-0.4, -0.2) is 40.2 Å². The monoisotopic (exact) mass is 396 g/mol. The van der Waals surface area contributed by atoms with Crippen LogP contribution in [-0.2, 0) is 19.6 Å². The molecular weight excluding hydrogens is 380 g/mol. The van der Waals surface area contributed by atoms with Gasteiger partial charge in [-0.15, -0.1) is 0 Å². The number of benzene rings is 2. The van der Waals surface area contributed by atoms with Crippen LogP contribution in [0.4, 0.5) is 11.4 Å². The van der Waals surface area contributed by atoms with Gasteiger partial charge in [-0.25, -0.2) is 13.2 Å². The summed E-state index contributed by atoms with van der Waals surface area (Å²) in [5, 5.41) is 3.09. The number of hydrogen-bond acceptors (Lipinski definition) is 5. The number of nitrogens with zero attached hydrogens (tertiary/aromatic N) is 1. The third kappa shape index (κ3) is 4.96. The Hall–Kier alpha value is -2.58. The second-order valence-electron chi connectivity index (χ2n) is 5.33. The van der Waals surface area contributed by atoms with E-state index in [-0.39, 0.29) is 11.3 Å². The second-order valence-corrected chi connectivity index (χ2v) is 7.68. The number of ether oxygens (including phenoxy) is 1. The zero-order valence-corrected chi connectivity index (χ0v) is 15.7. The van der Waals surface area contributed by atoms with Gasteiger partial charge in [0.05, 0.1) is 24.6 Å². The minimum Gasteiger partial charge on any atom is -0.465 e. The summed E-state index contributed by atoms with van der Waals surface area (Å²) in [7, 11) is -2.64. The number of methoxy groups -OCH3 is 1. The maximum absolute atomic E-state index is 12.3. The fourth-order valence-electron chi connectivity index (χ4n) is 2.22. The van der Waals surface area contributed by atoms with Gasteiger partial charge < -0.3 is 10.1 Å².